The number of hydrogen-bond donors (Lipinski definition) is 0. The van der Waals surface area contributed by atoms with Crippen LogP contribution in [0.15, 0.2) is 91.2 Å². The molecule has 0 amide bonds. The standard InChI is InChI=1S/C19H14ClOS2/c1-21-15-11-10-13(12-14(15)20)23-18-8-4-2-6-16(18)22-17-7-3-5-9-19(17)23/h2-12H,1H3/q+1. The fourth-order valence-electron chi connectivity index (χ4n) is 2.67. The van der Waals surface area contributed by atoms with Crippen molar-refractivity contribution in [3.63, 3.8) is 0 Å². The lowest BCUT2D eigenvalue weighted by molar-refractivity contribution is 0.414. The van der Waals surface area contributed by atoms with Crippen molar-refractivity contribution in [1.29, 1.82) is 0 Å². The summed E-state index contributed by atoms with van der Waals surface area (Å²) in [4.78, 5) is 6.58. The molecule has 0 spiro atoms. The van der Waals surface area contributed by atoms with Gasteiger partial charge in [0.25, 0.3) is 0 Å². The quantitative estimate of drug-likeness (QED) is 0.412. The van der Waals surface area contributed by atoms with E-state index in [1.807, 2.05) is 23.9 Å². The summed E-state index contributed by atoms with van der Waals surface area (Å²) in [6, 6.07) is 23.4. The van der Waals surface area contributed by atoms with E-state index >= 15 is 0 Å². The molecule has 0 aliphatic carbocycles. The number of benzene rings is 3. The van der Waals surface area contributed by atoms with E-state index in [0.29, 0.717) is 10.8 Å². The predicted molar refractivity (Wildman–Crippen MR) is 97.2 cm³/mol. The summed E-state index contributed by atoms with van der Waals surface area (Å²) >= 11 is 8.22. The van der Waals surface area contributed by atoms with Crippen LogP contribution >= 0.6 is 23.4 Å². The molecular formula is C19H14ClOS2+. The smallest absolute Gasteiger partial charge is 0.180 e. The lowest BCUT2D eigenvalue weighted by Gasteiger charge is -2.19. The average molecular weight is 358 g/mol. The minimum absolute atomic E-state index is 0.139. The molecule has 0 unspecified atom stereocenters. The van der Waals surface area contributed by atoms with Crippen molar-refractivity contribution in [2.24, 2.45) is 0 Å². The third-order valence-electron chi connectivity index (χ3n) is 3.72. The van der Waals surface area contributed by atoms with Crippen LogP contribution in [0.3, 0.4) is 0 Å². The van der Waals surface area contributed by atoms with E-state index < -0.39 is 0 Å². The molecule has 0 saturated heterocycles. The van der Waals surface area contributed by atoms with Crippen molar-refractivity contribution < 1.29 is 4.74 Å². The van der Waals surface area contributed by atoms with Gasteiger partial charge < -0.3 is 4.74 Å². The molecule has 3 aromatic carbocycles. The fourth-order valence-corrected chi connectivity index (χ4v) is 6.76. The first kappa shape index (κ1) is 15.0. The van der Waals surface area contributed by atoms with Gasteiger partial charge in [0.05, 0.1) is 21.9 Å². The van der Waals surface area contributed by atoms with Crippen LogP contribution in [-0.4, -0.2) is 7.11 Å². The highest BCUT2D eigenvalue weighted by atomic mass is 35.5. The van der Waals surface area contributed by atoms with Crippen LogP contribution in [0.4, 0.5) is 0 Å². The lowest BCUT2D eigenvalue weighted by atomic mass is 10.3. The summed E-state index contributed by atoms with van der Waals surface area (Å²) in [5.41, 5.74) is 0. The van der Waals surface area contributed by atoms with Gasteiger partial charge in [0.2, 0.25) is 0 Å². The first-order valence-corrected chi connectivity index (χ1v) is 9.63. The van der Waals surface area contributed by atoms with Crippen molar-refractivity contribution in [1.82, 2.24) is 0 Å². The Bertz CT molecular complexity index is 833. The van der Waals surface area contributed by atoms with Gasteiger partial charge in [-0.25, -0.2) is 0 Å². The minimum atomic E-state index is -0.139. The van der Waals surface area contributed by atoms with E-state index in [9.17, 15) is 0 Å². The second kappa shape index (κ2) is 6.16. The van der Waals surface area contributed by atoms with E-state index in [0.717, 1.165) is 0 Å². The van der Waals surface area contributed by atoms with Crippen LogP contribution < -0.4 is 4.74 Å². The van der Waals surface area contributed by atoms with Gasteiger partial charge in [0, 0.05) is 6.07 Å². The monoisotopic (exact) mass is 357 g/mol. The number of ether oxygens (including phenoxy) is 1. The van der Waals surface area contributed by atoms with Gasteiger partial charge in [0.15, 0.2) is 14.7 Å². The lowest BCUT2D eigenvalue weighted by Crippen LogP contribution is -2.10. The highest BCUT2D eigenvalue weighted by Gasteiger charge is 2.38. The third kappa shape index (κ3) is 2.63. The Labute approximate surface area is 148 Å². The molecule has 114 valence electrons. The first-order chi connectivity index (χ1) is 11.3. The van der Waals surface area contributed by atoms with Crippen LogP contribution in [0.1, 0.15) is 0 Å². The van der Waals surface area contributed by atoms with E-state index in [4.69, 9.17) is 16.3 Å². The normalized spacial score (nSPS) is 13.3. The van der Waals surface area contributed by atoms with Crippen molar-refractivity contribution in [3.8, 4) is 5.75 Å². The van der Waals surface area contributed by atoms with Gasteiger partial charge in [-0.15, -0.1) is 0 Å². The summed E-state index contributed by atoms with van der Waals surface area (Å²) < 4.78 is 5.29. The molecule has 0 fully saturated rings. The highest BCUT2D eigenvalue weighted by Crippen LogP contribution is 2.48. The van der Waals surface area contributed by atoms with Crippen LogP contribution in [0.2, 0.25) is 5.02 Å². The number of methoxy groups -OCH3 is 1. The minimum Gasteiger partial charge on any atom is -0.495 e. The molecule has 0 atom stereocenters. The van der Waals surface area contributed by atoms with Gasteiger partial charge in [0.1, 0.15) is 16.6 Å². The molecule has 1 nitrogen and oxygen atoms in total. The SMILES string of the molecule is COc1ccc([S+]2c3ccccc3Sc3ccccc32)cc1Cl. The molecule has 1 aliphatic rings. The molecule has 1 heterocycles. The molecule has 0 N–H and O–H groups in total. The van der Waals surface area contributed by atoms with Crippen LogP contribution in [0.25, 0.3) is 0 Å². The molecule has 0 bridgehead atoms. The molecule has 3 aromatic rings. The van der Waals surface area contributed by atoms with Crippen molar-refractivity contribution in [2.75, 3.05) is 7.11 Å². The Hall–Kier alpha value is -1.55. The highest BCUT2D eigenvalue weighted by molar-refractivity contribution is 8.04. The average Bonchev–Trinajstić information content (AvgIpc) is 2.59. The third-order valence-corrected chi connectivity index (χ3v) is 7.74. The fraction of sp³-hybridized carbons (Fsp3) is 0.0526. The van der Waals surface area contributed by atoms with Crippen LogP contribution in [0.5, 0.6) is 5.75 Å². The number of hydrogen-bond acceptors (Lipinski definition) is 2. The Morgan fingerprint density at radius 3 is 2.04 bits per heavy atom. The molecule has 0 aromatic heterocycles. The Kier molecular flexibility index (Phi) is 4.02. The summed E-state index contributed by atoms with van der Waals surface area (Å²) in [6.07, 6.45) is 0. The van der Waals surface area contributed by atoms with E-state index in [1.54, 1.807) is 7.11 Å². The largest absolute Gasteiger partial charge is 0.495 e. The second-order valence-electron chi connectivity index (χ2n) is 5.10. The maximum atomic E-state index is 6.38. The predicted octanol–water partition coefficient (Wildman–Crippen LogP) is 5.91. The van der Waals surface area contributed by atoms with Crippen molar-refractivity contribution in [3.05, 3.63) is 71.8 Å². The molecule has 4 heteroatoms. The van der Waals surface area contributed by atoms with Gasteiger partial charge in [-0.2, -0.15) is 0 Å². The zero-order chi connectivity index (χ0) is 15.8. The topological polar surface area (TPSA) is 9.23 Å². The maximum Gasteiger partial charge on any atom is 0.180 e. The summed E-state index contributed by atoms with van der Waals surface area (Å²) in [5, 5.41) is 0.658. The van der Waals surface area contributed by atoms with Crippen molar-refractivity contribution in [2.45, 2.75) is 24.5 Å². The van der Waals surface area contributed by atoms with Crippen LogP contribution in [0, 0.1) is 0 Å². The van der Waals surface area contributed by atoms with Crippen molar-refractivity contribution >= 4 is 34.3 Å². The van der Waals surface area contributed by atoms with Gasteiger partial charge in [-0.3, -0.25) is 0 Å². The molecular weight excluding hydrogens is 344 g/mol. The van der Waals surface area contributed by atoms with Gasteiger partial charge in [-0.05, 0) is 36.4 Å². The summed E-state index contributed by atoms with van der Waals surface area (Å²) in [5.74, 6) is 0.715. The maximum absolute atomic E-state index is 6.38. The van der Waals surface area contributed by atoms with E-state index in [-0.39, 0.29) is 10.9 Å². The number of rotatable bonds is 2. The van der Waals surface area contributed by atoms with Gasteiger partial charge >= 0.3 is 0 Å². The zero-order valence-corrected chi connectivity index (χ0v) is 14.8. The summed E-state index contributed by atoms with van der Waals surface area (Å²) in [6.45, 7) is 0. The zero-order valence-electron chi connectivity index (χ0n) is 12.5. The summed E-state index contributed by atoms with van der Waals surface area (Å²) in [7, 11) is 1.50. The van der Waals surface area contributed by atoms with Gasteiger partial charge in [-0.1, -0.05) is 47.6 Å². The number of halogens is 1. The molecule has 0 saturated carbocycles. The van der Waals surface area contributed by atoms with E-state index in [1.165, 1.54) is 24.5 Å². The second-order valence-corrected chi connectivity index (χ2v) is 8.55. The Balaban J connectivity index is 1.92. The molecule has 23 heavy (non-hydrogen) atoms. The molecule has 0 radical (unpaired) electrons. The molecule has 1 aliphatic heterocycles. The molecule has 4 rings (SSSR count). The Morgan fingerprint density at radius 1 is 0.870 bits per heavy atom. The Morgan fingerprint density at radius 2 is 1.48 bits per heavy atom. The first-order valence-electron chi connectivity index (χ1n) is 7.21. The van der Waals surface area contributed by atoms with E-state index in [2.05, 4.69) is 54.6 Å². The van der Waals surface area contributed by atoms with Crippen LogP contribution in [-0.2, 0) is 10.9 Å². The number of fused-ring (bicyclic) bond motifs is 2.